The molecule has 0 aromatic rings. The minimum Gasteiger partial charge on any atom is -0.330 e. The van der Waals surface area contributed by atoms with E-state index in [1.54, 1.807) is 0 Å². The standard InChI is InChI=1S/C11H28N4/c1-3-10-15(2)11-14-9-5-8-13-7-4-6-12/h13-14H,3-12H2,1-2H3. The summed E-state index contributed by atoms with van der Waals surface area (Å²) in [5.74, 6) is 0. The van der Waals surface area contributed by atoms with Gasteiger partial charge >= 0.3 is 0 Å². The van der Waals surface area contributed by atoms with E-state index in [0.29, 0.717) is 0 Å². The molecule has 0 aromatic heterocycles. The number of nitrogens with two attached hydrogens (primary N) is 1. The molecular weight excluding hydrogens is 188 g/mol. The van der Waals surface area contributed by atoms with Gasteiger partial charge in [-0.05, 0) is 59.0 Å². The Morgan fingerprint density at radius 2 is 1.73 bits per heavy atom. The van der Waals surface area contributed by atoms with Crippen LogP contribution in [0.1, 0.15) is 26.2 Å². The molecule has 0 saturated heterocycles. The molecule has 0 unspecified atom stereocenters. The fraction of sp³-hybridized carbons (Fsp3) is 1.00. The van der Waals surface area contributed by atoms with Gasteiger partial charge in [-0.2, -0.15) is 0 Å². The Morgan fingerprint density at radius 1 is 1.07 bits per heavy atom. The first-order valence-corrected chi connectivity index (χ1v) is 6.11. The van der Waals surface area contributed by atoms with Crippen molar-refractivity contribution < 1.29 is 0 Å². The van der Waals surface area contributed by atoms with E-state index in [4.69, 9.17) is 5.73 Å². The molecule has 0 amide bonds. The van der Waals surface area contributed by atoms with Gasteiger partial charge in [0.2, 0.25) is 0 Å². The largest absolute Gasteiger partial charge is 0.330 e. The van der Waals surface area contributed by atoms with Crippen molar-refractivity contribution in [3.05, 3.63) is 0 Å². The zero-order valence-electron chi connectivity index (χ0n) is 10.4. The highest BCUT2D eigenvalue weighted by molar-refractivity contribution is 4.53. The molecule has 0 aromatic carbocycles. The molecule has 0 rings (SSSR count). The zero-order valence-corrected chi connectivity index (χ0v) is 10.4. The summed E-state index contributed by atoms with van der Waals surface area (Å²) < 4.78 is 0. The average Bonchev–Trinajstić information content (AvgIpc) is 2.22. The van der Waals surface area contributed by atoms with Crippen LogP contribution in [0.2, 0.25) is 0 Å². The lowest BCUT2D eigenvalue weighted by Gasteiger charge is -2.16. The lowest BCUT2D eigenvalue weighted by Crippen LogP contribution is -2.33. The third-order valence-corrected chi connectivity index (χ3v) is 2.25. The average molecular weight is 216 g/mol. The van der Waals surface area contributed by atoms with Crippen molar-refractivity contribution >= 4 is 0 Å². The highest BCUT2D eigenvalue weighted by Gasteiger charge is 1.94. The molecule has 92 valence electrons. The first-order chi connectivity index (χ1) is 7.31. The van der Waals surface area contributed by atoms with Crippen molar-refractivity contribution in [2.24, 2.45) is 5.73 Å². The van der Waals surface area contributed by atoms with E-state index < -0.39 is 0 Å². The Balaban J connectivity index is 2.98. The Hall–Kier alpha value is -0.160. The van der Waals surface area contributed by atoms with Gasteiger partial charge in [-0.15, -0.1) is 0 Å². The predicted molar refractivity (Wildman–Crippen MR) is 66.9 cm³/mol. The molecule has 0 spiro atoms. The number of rotatable bonds is 11. The smallest absolute Gasteiger partial charge is 0.0477 e. The predicted octanol–water partition coefficient (Wildman–Crippen LogP) is 0.204. The van der Waals surface area contributed by atoms with Crippen molar-refractivity contribution in [1.29, 1.82) is 0 Å². The summed E-state index contributed by atoms with van der Waals surface area (Å²) in [5.41, 5.74) is 5.39. The highest BCUT2D eigenvalue weighted by Crippen LogP contribution is 1.83. The maximum absolute atomic E-state index is 5.39. The summed E-state index contributed by atoms with van der Waals surface area (Å²) in [5, 5.41) is 6.79. The van der Waals surface area contributed by atoms with Crippen LogP contribution in [0.15, 0.2) is 0 Å². The number of nitrogens with one attached hydrogen (secondary N) is 2. The van der Waals surface area contributed by atoms with Crippen molar-refractivity contribution in [2.75, 3.05) is 46.4 Å². The van der Waals surface area contributed by atoms with Crippen molar-refractivity contribution in [3.8, 4) is 0 Å². The van der Waals surface area contributed by atoms with Crippen LogP contribution >= 0.6 is 0 Å². The van der Waals surface area contributed by atoms with Crippen LogP contribution in [0.5, 0.6) is 0 Å². The van der Waals surface area contributed by atoms with Gasteiger partial charge < -0.3 is 16.4 Å². The Kier molecular flexibility index (Phi) is 11.8. The maximum atomic E-state index is 5.39. The second kappa shape index (κ2) is 11.9. The van der Waals surface area contributed by atoms with Gasteiger partial charge in [0.25, 0.3) is 0 Å². The summed E-state index contributed by atoms with van der Waals surface area (Å²) in [6.07, 6.45) is 3.48. The number of hydrogen-bond donors (Lipinski definition) is 3. The number of hydrogen-bond acceptors (Lipinski definition) is 4. The van der Waals surface area contributed by atoms with Crippen LogP contribution in [0.25, 0.3) is 0 Å². The number of nitrogens with zero attached hydrogens (tertiary/aromatic N) is 1. The van der Waals surface area contributed by atoms with Gasteiger partial charge in [0.05, 0.1) is 0 Å². The van der Waals surface area contributed by atoms with E-state index in [0.717, 1.165) is 39.3 Å². The highest BCUT2D eigenvalue weighted by atomic mass is 15.2. The molecule has 4 N–H and O–H groups in total. The Morgan fingerprint density at radius 3 is 2.40 bits per heavy atom. The molecule has 0 aliphatic carbocycles. The van der Waals surface area contributed by atoms with Gasteiger partial charge in [-0.1, -0.05) is 6.92 Å². The topological polar surface area (TPSA) is 53.3 Å². The third-order valence-electron chi connectivity index (χ3n) is 2.25. The monoisotopic (exact) mass is 216 g/mol. The van der Waals surface area contributed by atoms with Crippen LogP contribution in [0.3, 0.4) is 0 Å². The first kappa shape index (κ1) is 14.8. The third kappa shape index (κ3) is 11.8. The molecule has 0 bridgehead atoms. The molecule has 0 radical (unpaired) electrons. The molecule has 4 nitrogen and oxygen atoms in total. The minimum atomic E-state index is 0.785. The van der Waals surface area contributed by atoms with Crippen molar-refractivity contribution in [1.82, 2.24) is 15.5 Å². The Bertz CT molecular complexity index is 119. The van der Waals surface area contributed by atoms with E-state index in [1.165, 1.54) is 19.4 Å². The fourth-order valence-corrected chi connectivity index (χ4v) is 1.42. The molecule has 15 heavy (non-hydrogen) atoms. The van der Waals surface area contributed by atoms with E-state index >= 15 is 0 Å². The molecule has 0 heterocycles. The fourth-order valence-electron chi connectivity index (χ4n) is 1.42. The first-order valence-electron chi connectivity index (χ1n) is 6.11. The van der Waals surface area contributed by atoms with E-state index in [2.05, 4.69) is 29.5 Å². The quantitative estimate of drug-likeness (QED) is 0.341. The molecule has 0 atom stereocenters. The van der Waals surface area contributed by atoms with E-state index in [1.807, 2.05) is 0 Å². The van der Waals surface area contributed by atoms with Crippen LogP contribution in [-0.2, 0) is 0 Å². The molecule has 0 aliphatic rings. The van der Waals surface area contributed by atoms with Gasteiger partial charge in [-0.3, -0.25) is 4.90 Å². The van der Waals surface area contributed by atoms with Crippen LogP contribution < -0.4 is 16.4 Å². The van der Waals surface area contributed by atoms with Gasteiger partial charge in [-0.25, -0.2) is 0 Å². The van der Waals surface area contributed by atoms with Crippen LogP contribution in [0, 0.1) is 0 Å². The van der Waals surface area contributed by atoms with Crippen LogP contribution in [0.4, 0.5) is 0 Å². The normalized spacial score (nSPS) is 11.2. The maximum Gasteiger partial charge on any atom is 0.0477 e. The Labute approximate surface area is 94.6 Å². The summed E-state index contributed by atoms with van der Waals surface area (Å²) >= 11 is 0. The molecule has 4 heteroatoms. The molecule has 0 aliphatic heterocycles. The molecule has 0 fully saturated rings. The van der Waals surface area contributed by atoms with Gasteiger partial charge in [0.1, 0.15) is 0 Å². The van der Waals surface area contributed by atoms with Gasteiger partial charge in [0, 0.05) is 6.67 Å². The molecule has 0 saturated carbocycles. The minimum absolute atomic E-state index is 0.785. The second-order valence-corrected chi connectivity index (χ2v) is 3.98. The lowest BCUT2D eigenvalue weighted by atomic mass is 10.4. The molecular formula is C11H28N4. The van der Waals surface area contributed by atoms with Crippen LogP contribution in [-0.4, -0.2) is 51.3 Å². The van der Waals surface area contributed by atoms with Crippen molar-refractivity contribution in [3.63, 3.8) is 0 Å². The SMILES string of the molecule is CCCN(C)CNCCCNCCCN. The summed E-state index contributed by atoms with van der Waals surface area (Å²) in [6, 6.07) is 0. The van der Waals surface area contributed by atoms with E-state index in [9.17, 15) is 0 Å². The van der Waals surface area contributed by atoms with Gasteiger partial charge in [0.15, 0.2) is 0 Å². The van der Waals surface area contributed by atoms with Crippen molar-refractivity contribution in [2.45, 2.75) is 26.2 Å². The van der Waals surface area contributed by atoms with E-state index in [-0.39, 0.29) is 0 Å². The summed E-state index contributed by atoms with van der Waals surface area (Å²) in [4.78, 5) is 2.31. The summed E-state index contributed by atoms with van der Waals surface area (Å²) in [7, 11) is 2.15. The summed E-state index contributed by atoms with van der Waals surface area (Å²) in [6.45, 7) is 8.38. The second-order valence-electron chi connectivity index (χ2n) is 3.98. The lowest BCUT2D eigenvalue weighted by molar-refractivity contribution is 0.306. The zero-order chi connectivity index (χ0) is 11.4.